The van der Waals surface area contributed by atoms with Crippen molar-refractivity contribution in [2.24, 2.45) is 17.8 Å². The highest BCUT2D eigenvalue weighted by molar-refractivity contribution is 7.81. The average molecular weight is 1210 g/mol. The van der Waals surface area contributed by atoms with Crippen LogP contribution in [0.25, 0.3) is 0 Å². The van der Waals surface area contributed by atoms with Crippen LogP contribution >= 0.6 is 0 Å². The van der Waals surface area contributed by atoms with Crippen LogP contribution in [0.2, 0.25) is 0 Å². The minimum absolute atomic E-state index is 0.141. The lowest BCUT2D eigenvalue weighted by Crippen LogP contribution is -2.52. The first-order chi connectivity index (χ1) is 35.8. The maximum absolute atomic E-state index is 10.9. The third kappa shape index (κ3) is 22.4. The number of hydrogen-bond acceptors (Lipinski definition) is 36. The van der Waals surface area contributed by atoms with Crippen LogP contribution in [0.3, 0.4) is 0 Å². The molecule has 462 valence electrons. The highest BCUT2D eigenvalue weighted by Gasteiger charge is 2.55. The molecular formula is C39H72O36S3. The van der Waals surface area contributed by atoms with Crippen molar-refractivity contribution in [2.75, 3.05) is 39.6 Å². The van der Waals surface area contributed by atoms with Gasteiger partial charge in [-0.1, -0.05) is 0 Å². The Morgan fingerprint density at radius 1 is 0.359 bits per heavy atom. The summed E-state index contributed by atoms with van der Waals surface area (Å²) in [5, 5.41) is 230. The Kier molecular flexibility index (Phi) is 31.4. The molecule has 0 spiro atoms. The fraction of sp³-hybridized carbons (Fsp3) is 0.923. The topological polar surface area (TPSA) is 685 Å². The SMILES string of the molecule is O=S(=O)([O-])O[C@@H]([C@H](O)[C@@H](O)[C@@H](O)CO)[C@H](O)C[C+]1C[C@@H](O)[C@H](O)[C@H]1CO.O=S(=O)([O-])O[C@@H]([C@H](O)[C@@H](O)[C@H](O)CO)[C@H](O)C[C+]1C[C@@H](O)[C@H](O)[C@H]1CO.O=S(=O)([O-])O[C@@H]([C@H](O)[C@H](O)[C@H](O)CO)[C@H](O)C[C+]1C[C@@H](O)[C@H](O)[C@H]1CO. The Morgan fingerprint density at radius 2 is 0.551 bits per heavy atom. The van der Waals surface area contributed by atoms with Gasteiger partial charge in [0.25, 0.3) is 0 Å². The van der Waals surface area contributed by atoms with E-state index in [1.807, 2.05) is 0 Å². The van der Waals surface area contributed by atoms with E-state index in [2.05, 4.69) is 12.5 Å². The average Bonchev–Trinajstić information content (AvgIpc) is 3.91. The summed E-state index contributed by atoms with van der Waals surface area (Å²) in [6.45, 7) is -4.77. The summed E-state index contributed by atoms with van der Waals surface area (Å²) in [7, 11) is -16.3. The molecule has 0 aromatic carbocycles. The predicted octanol–water partition coefficient (Wildman–Crippen LogP) is -15.1. The molecule has 24 N–H and O–H groups in total. The first-order valence-corrected chi connectivity index (χ1v) is 27.1. The number of hydrogen-bond donors (Lipinski definition) is 24. The summed E-state index contributed by atoms with van der Waals surface area (Å²) in [5.74, 6) is -2.14. The molecule has 0 amide bonds. The molecule has 0 aromatic heterocycles. The van der Waals surface area contributed by atoms with Crippen LogP contribution in [-0.4, -0.2) is 329 Å². The quantitative estimate of drug-likeness (QED) is 0.0180. The normalized spacial score (nSPS) is 30.0. The zero-order valence-electron chi connectivity index (χ0n) is 40.7. The largest absolute Gasteiger partial charge is 0.726 e. The Labute approximate surface area is 446 Å². The van der Waals surface area contributed by atoms with E-state index in [0.29, 0.717) is 0 Å². The zero-order chi connectivity index (χ0) is 60.7. The summed E-state index contributed by atoms with van der Waals surface area (Å²) in [6, 6.07) is 0. The van der Waals surface area contributed by atoms with Crippen LogP contribution in [-0.2, 0) is 43.7 Å². The van der Waals surface area contributed by atoms with Crippen LogP contribution in [0, 0.1) is 35.5 Å². The van der Waals surface area contributed by atoms with Gasteiger partial charge in [0.15, 0.2) is 17.8 Å². The minimum atomic E-state index is -5.44. The van der Waals surface area contributed by atoms with E-state index in [-0.39, 0.29) is 37.0 Å². The smallest absolute Gasteiger partial charge is 0.218 e. The lowest BCUT2D eigenvalue weighted by atomic mass is 9.87. The van der Waals surface area contributed by atoms with Crippen molar-refractivity contribution in [2.45, 2.75) is 167 Å². The maximum atomic E-state index is 10.9. The molecule has 3 saturated carbocycles. The Morgan fingerprint density at radius 3 is 0.705 bits per heavy atom. The second-order valence-electron chi connectivity index (χ2n) is 18.5. The minimum Gasteiger partial charge on any atom is -0.726 e. The molecule has 3 aliphatic carbocycles. The zero-order valence-corrected chi connectivity index (χ0v) is 43.1. The number of rotatable bonds is 30. The molecular weight excluding hydrogens is 1140 g/mol. The fourth-order valence-electron chi connectivity index (χ4n) is 8.77. The molecule has 0 radical (unpaired) electrons. The Bertz CT molecular complexity index is 1810. The van der Waals surface area contributed by atoms with E-state index < -0.39 is 236 Å². The highest BCUT2D eigenvalue weighted by atomic mass is 32.3. The van der Waals surface area contributed by atoms with Crippen LogP contribution in [0.5, 0.6) is 0 Å². The summed E-state index contributed by atoms with van der Waals surface area (Å²) in [4.78, 5) is 0. The summed E-state index contributed by atoms with van der Waals surface area (Å²) >= 11 is 0. The van der Waals surface area contributed by atoms with Gasteiger partial charge in [-0.15, -0.1) is 0 Å². The molecule has 36 nitrogen and oxygen atoms in total. The van der Waals surface area contributed by atoms with Crippen LogP contribution in [0.4, 0.5) is 0 Å². The van der Waals surface area contributed by atoms with Gasteiger partial charge >= 0.3 is 0 Å². The monoisotopic (exact) mass is 1210 g/mol. The number of aliphatic hydroxyl groups excluding tert-OH is 24. The van der Waals surface area contributed by atoms with E-state index >= 15 is 0 Å². The van der Waals surface area contributed by atoms with Gasteiger partial charge in [0, 0.05) is 0 Å². The van der Waals surface area contributed by atoms with E-state index in [1.165, 1.54) is 0 Å². The van der Waals surface area contributed by atoms with Crippen molar-refractivity contribution in [1.29, 1.82) is 0 Å². The highest BCUT2D eigenvalue weighted by Crippen LogP contribution is 2.41. The van der Waals surface area contributed by atoms with E-state index in [1.54, 1.807) is 0 Å². The molecule has 3 aliphatic rings. The molecule has 0 saturated heterocycles. The van der Waals surface area contributed by atoms with Crippen molar-refractivity contribution in [3.05, 3.63) is 17.8 Å². The lowest BCUT2D eigenvalue weighted by Gasteiger charge is -2.31. The van der Waals surface area contributed by atoms with Gasteiger partial charge in [0.05, 0.1) is 39.6 Å². The van der Waals surface area contributed by atoms with Gasteiger partial charge in [-0.2, -0.15) is 0 Å². The molecule has 0 heterocycles. The molecule has 78 heavy (non-hydrogen) atoms. The molecule has 3 rings (SSSR count). The predicted molar refractivity (Wildman–Crippen MR) is 242 cm³/mol. The summed E-state index contributed by atoms with van der Waals surface area (Å²) in [5.41, 5.74) is 0. The van der Waals surface area contributed by atoms with Gasteiger partial charge in [-0.3, -0.25) is 12.5 Å². The van der Waals surface area contributed by atoms with Crippen LogP contribution in [0.1, 0.15) is 38.5 Å². The Balaban J connectivity index is 0.000000585. The molecule has 0 aliphatic heterocycles. The van der Waals surface area contributed by atoms with Crippen molar-refractivity contribution in [3.63, 3.8) is 0 Å². The lowest BCUT2D eigenvalue weighted by molar-refractivity contribution is -0.133. The molecule has 39 heteroatoms. The fourth-order valence-corrected chi connectivity index (χ4v) is 10.3. The second kappa shape index (κ2) is 32.9. The molecule has 3 fully saturated rings. The molecule has 0 bridgehead atoms. The second-order valence-corrected chi connectivity index (χ2v) is 21.6. The third-order valence-corrected chi connectivity index (χ3v) is 14.4. The van der Waals surface area contributed by atoms with Crippen LogP contribution in [0.15, 0.2) is 0 Å². The maximum Gasteiger partial charge on any atom is 0.218 e. The number of aliphatic hydroxyl groups is 24. The molecule has 24 atom stereocenters. The van der Waals surface area contributed by atoms with Crippen molar-refractivity contribution < 1.29 is 174 Å². The molecule has 0 aromatic rings. The first-order valence-electron chi connectivity index (χ1n) is 23.1. The molecule has 0 unspecified atom stereocenters. The van der Waals surface area contributed by atoms with Gasteiger partial charge in [-0.25, -0.2) is 25.3 Å². The van der Waals surface area contributed by atoms with Gasteiger partial charge < -0.3 is 136 Å². The summed E-state index contributed by atoms with van der Waals surface area (Å²) < 4.78 is 110. The van der Waals surface area contributed by atoms with Crippen LogP contribution < -0.4 is 0 Å². The van der Waals surface area contributed by atoms with Gasteiger partial charge in [-0.05, 0) is 0 Å². The van der Waals surface area contributed by atoms with Gasteiger partial charge in [0.2, 0.25) is 31.2 Å². The van der Waals surface area contributed by atoms with E-state index in [9.17, 15) is 146 Å². The first kappa shape index (κ1) is 74.3. The van der Waals surface area contributed by atoms with Crippen molar-refractivity contribution >= 4 is 31.2 Å². The van der Waals surface area contributed by atoms with Crippen molar-refractivity contribution in [3.8, 4) is 0 Å². The van der Waals surface area contributed by atoms with Crippen molar-refractivity contribution in [1.82, 2.24) is 0 Å². The standard InChI is InChI=1S/3C13H24O12S/c3*14-3-6-5(1-7(16)10(6)19)2-8(17)13(25-26(22,23)24)12(21)11(20)9(18)4-15/h3*6-21H,1-4H2/t6-,7+,8+,9+,10+,11+,12+,13+;6-,7+,8+,9+,10+,11-,12+,13+;6-,7+,8+,9-,10+,11-,12+,13+/m000/s1. The third-order valence-electron chi connectivity index (χ3n) is 13.0. The Hall–Kier alpha value is -1.74. The van der Waals surface area contributed by atoms with Gasteiger partial charge in [0.1, 0.15) is 184 Å². The summed E-state index contributed by atoms with van der Waals surface area (Å²) in [6.07, 6.45) is -41.0. The van der Waals surface area contributed by atoms with E-state index in [0.717, 1.165) is 0 Å². The van der Waals surface area contributed by atoms with E-state index in [4.69, 9.17) is 15.3 Å².